The number of likely N-dealkylation sites (N-methyl/N-ethyl adjacent to an activating group) is 1. The summed E-state index contributed by atoms with van der Waals surface area (Å²) >= 11 is 0. The van der Waals surface area contributed by atoms with Gasteiger partial charge in [0.05, 0.1) is 12.7 Å². The third-order valence-electron chi connectivity index (χ3n) is 3.64. The molecule has 0 radical (unpaired) electrons. The lowest BCUT2D eigenvalue weighted by molar-refractivity contribution is -0.0000103. The maximum Gasteiger partial charge on any atom is 0.0625 e. The van der Waals surface area contributed by atoms with Gasteiger partial charge in [-0.15, -0.1) is 0 Å². The molecule has 0 saturated heterocycles. The van der Waals surface area contributed by atoms with Crippen LogP contribution in [0, 0.1) is 0 Å². The second-order valence-corrected chi connectivity index (χ2v) is 5.75. The molecular weight excluding hydrogens is 258 g/mol. The third kappa shape index (κ3) is 13.0. The fraction of sp³-hybridized carbons (Fsp3) is 1.00. The van der Waals surface area contributed by atoms with E-state index >= 15 is 0 Å². The van der Waals surface area contributed by atoms with E-state index in [0.717, 1.165) is 6.61 Å². The highest BCUT2D eigenvalue weighted by atomic mass is 35.5. The number of ether oxygens (including phenoxy) is 1. The lowest BCUT2D eigenvalue weighted by Gasteiger charge is -2.26. The number of hydrogen-bond acceptors (Lipinski definition) is 2. The summed E-state index contributed by atoms with van der Waals surface area (Å²) in [6.45, 7) is 7.57. The molecule has 2 unspecified atom stereocenters. The molecule has 118 valence electrons. The predicted octanol–water partition coefficient (Wildman–Crippen LogP) is 1.49. The minimum Gasteiger partial charge on any atom is -1.00 e. The van der Waals surface area contributed by atoms with Gasteiger partial charge in [0.25, 0.3) is 0 Å². The Morgan fingerprint density at radius 2 is 1.53 bits per heavy atom. The highest BCUT2D eigenvalue weighted by Crippen LogP contribution is 2.12. The SMILES string of the molecule is CCCCCCCC(COC(C)CCC)N(C)C.[Cl-]. The molecule has 0 aromatic carbocycles. The first-order valence-corrected chi connectivity index (χ1v) is 7.89. The molecule has 19 heavy (non-hydrogen) atoms. The van der Waals surface area contributed by atoms with E-state index in [0.29, 0.717) is 12.1 Å². The van der Waals surface area contributed by atoms with Crippen LogP contribution in [0.25, 0.3) is 0 Å². The van der Waals surface area contributed by atoms with Gasteiger partial charge in [-0.2, -0.15) is 0 Å². The van der Waals surface area contributed by atoms with Gasteiger partial charge in [-0.25, -0.2) is 0 Å². The second-order valence-electron chi connectivity index (χ2n) is 5.75. The van der Waals surface area contributed by atoms with Crippen molar-refractivity contribution in [2.24, 2.45) is 0 Å². The summed E-state index contributed by atoms with van der Waals surface area (Å²) in [6.07, 6.45) is 10.9. The van der Waals surface area contributed by atoms with Crippen LogP contribution < -0.4 is 12.4 Å². The van der Waals surface area contributed by atoms with Crippen molar-refractivity contribution in [2.75, 3.05) is 20.7 Å². The van der Waals surface area contributed by atoms with E-state index in [4.69, 9.17) is 4.74 Å². The van der Waals surface area contributed by atoms with Gasteiger partial charge in [0.15, 0.2) is 0 Å². The quantitative estimate of drug-likeness (QED) is 0.505. The van der Waals surface area contributed by atoms with E-state index in [1.165, 1.54) is 51.4 Å². The first-order valence-electron chi connectivity index (χ1n) is 7.89. The molecule has 2 atom stereocenters. The monoisotopic (exact) mass is 292 g/mol. The molecule has 3 heteroatoms. The zero-order valence-corrected chi connectivity index (χ0v) is 14.5. The van der Waals surface area contributed by atoms with Crippen LogP contribution in [0.2, 0.25) is 0 Å². The minimum absolute atomic E-state index is 0. The minimum atomic E-state index is 0. The number of halogens is 1. The van der Waals surface area contributed by atoms with Crippen LogP contribution in [0.15, 0.2) is 0 Å². The average Bonchev–Trinajstić information content (AvgIpc) is 2.32. The Morgan fingerprint density at radius 3 is 2.05 bits per heavy atom. The summed E-state index contributed by atoms with van der Waals surface area (Å²) in [6, 6.07) is 0.589. The van der Waals surface area contributed by atoms with Crippen LogP contribution >= 0.6 is 0 Å². The Balaban J connectivity index is 0. The van der Waals surface area contributed by atoms with Gasteiger partial charge in [-0.1, -0.05) is 52.4 Å². The Morgan fingerprint density at radius 1 is 0.895 bits per heavy atom. The van der Waals surface area contributed by atoms with E-state index in [1.54, 1.807) is 0 Å². The van der Waals surface area contributed by atoms with Gasteiger partial charge >= 0.3 is 0 Å². The van der Waals surface area contributed by atoms with Crippen molar-refractivity contribution >= 4 is 0 Å². The van der Waals surface area contributed by atoms with Crippen LogP contribution in [-0.2, 0) is 4.74 Å². The highest BCUT2D eigenvalue weighted by Gasteiger charge is 2.12. The number of nitrogens with zero attached hydrogens (tertiary/aromatic N) is 1. The van der Waals surface area contributed by atoms with Crippen molar-refractivity contribution < 1.29 is 17.1 Å². The van der Waals surface area contributed by atoms with E-state index < -0.39 is 0 Å². The number of rotatable bonds is 12. The van der Waals surface area contributed by atoms with Crippen molar-refractivity contribution in [1.29, 1.82) is 0 Å². The molecule has 0 aliphatic heterocycles. The van der Waals surface area contributed by atoms with Crippen molar-refractivity contribution in [3.05, 3.63) is 0 Å². The summed E-state index contributed by atoms with van der Waals surface area (Å²) in [5, 5.41) is 0. The van der Waals surface area contributed by atoms with Gasteiger partial charge in [-0.3, -0.25) is 0 Å². The van der Waals surface area contributed by atoms with Crippen molar-refractivity contribution in [3.63, 3.8) is 0 Å². The molecule has 0 aromatic heterocycles. The largest absolute Gasteiger partial charge is 1.00 e. The van der Waals surface area contributed by atoms with Crippen LogP contribution in [-0.4, -0.2) is 37.7 Å². The number of unbranched alkanes of at least 4 members (excludes halogenated alkanes) is 4. The average molecular weight is 293 g/mol. The molecule has 0 amide bonds. The zero-order chi connectivity index (χ0) is 13.8. The Labute approximate surface area is 127 Å². The number of hydrogen-bond donors (Lipinski definition) is 0. The third-order valence-corrected chi connectivity index (χ3v) is 3.64. The fourth-order valence-electron chi connectivity index (χ4n) is 2.24. The van der Waals surface area contributed by atoms with E-state index in [9.17, 15) is 0 Å². The van der Waals surface area contributed by atoms with Crippen LogP contribution in [0.5, 0.6) is 0 Å². The zero-order valence-electron chi connectivity index (χ0n) is 13.8. The first-order chi connectivity index (χ1) is 8.61. The molecule has 0 spiro atoms. The molecule has 0 rings (SSSR count). The summed E-state index contributed by atoms with van der Waals surface area (Å²) in [4.78, 5) is 2.32. The fourth-order valence-corrected chi connectivity index (χ4v) is 2.24. The molecule has 0 saturated carbocycles. The van der Waals surface area contributed by atoms with Gasteiger partial charge < -0.3 is 22.0 Å². The smallest absolute Gasteiger partial charge is 0.0625 e. The lowest BCUT2D eigenvalue weighted by atomic mass is 10.1. The molecule has 2 nitrogen and oxygen atoms in total. The maximum absolute atomic E-state index is 5.94. The standard InChI is InChI=1S/C16H35NO.ClH/c1-6-8-9-10-11-13-16(17(4)5)14-18-15(3)12-7-2;/h15-16H,6-14H2,1-5H3;1H/p-1. The molecule has 0 aromatic rings. The summed E-state index contributed by atoms with van der Waals surface area (Å²) in [7, 11) is 4.34. The van der Waals surface area contributed by atoms with E-state index in [1.807, 2.05) is 0 Å². The van der Waals surface area contributed by atoms with Crippen molar-refractivity contribution in [3.8, 4) is 0 Å². The molecule has 0 heterocycles. The molecular formula is C16H35ClNO-. The molecule has 0 aliphatic rings. The maximum atomic E-state index is 5.94. The van der Waals surface area contributed by atoms with E-state index in [-0.39, 0.29) is 12.4 Å². The first kappa shape index (κ1) is 21.5. The Bertz CT molecular complexity index is 176. The Hall–Kier alpha value is 0.210. The van der Waals surface area contributed by atoms with Gasteiger partial charge in [-0.05, 0) is 33.9 Å². The van der Waals surface area contributed by atoms with Crippen LogP contribution in [0.1, 0.15) is 72.1 Å². The second kappa shape index (κ2) is 14.6. The summed E-state index contributed by atoms with van der Waals surface area (Å²) in [5.41, 5.74) is 0. The normalized spacial score (nSPS) is 14.2. The highest BCUT2D eigenvalue weighted by molar-refractivity contribution is 4.66. The summed E-state index contributed by atoms with van der Waals surface area (Å²) < 4.78 is 5.94. The molecule has 0 aliphatic carbocycles. The Kier molecular flexibility index (Phi) is 16.5. The van der Waals surface area contributed by atoms with Crippen LogP contribution in [0.3, 0.4) is 0 Å². The summed E-state index contributed by atoms with van der Waals surface area (Å²) in [5.74, 6) is 0. The van der Waals surface area contributed by atoms with Crippen molar-refractivity contribution in [1.82, 2.24) is 4.90 Å². The lowest BCUT2D eigenvalue weighted by Crippen LogP contribution is -3.00. The van der Waals surface area contributed by atoms with Gasteiger partial charge in [0, 0.05) is 6.04 Å². The topological polar surface area (TPSA) is 12.5 Å². The molecule has 0 bridgehead atoms. The molecule has 0 N–H and O–H groups in total. The van der Waals surface area contributed by atoms with E-state index in [2.05, 4.69) is 39.8 Å². The predicted molar refractivity (Wildman–Crippen MR) is 81.2 cm³/mol. The van der Waals surface area contributed by atoms with Crippen molar-refractivity contribution in [2.45, 2.75) is 84.3 Å². The van der Waals surface area contributed by atoms with Gasteiger partial charge in [0.2, 0.25) is 0 Å². The van der Waals surface area contributed by atoms with Crippen LogP contribution in [0.4, 0.5) is 0 Å². The molecule has 0 fully saturated rings. The van der Waals surface area contributed by atoms with Gasteiger partial charge in [0.1, 0.15) is 0 Å².